The molecule has 14 heavy (non-hydrogen) atoms. The largest absolute Gasteiger partial charge is 0.324 e. The fourth-order valence-corrected chi connectivity index (χ4v) is 1.49. The van der Waals surface area contributed by atoms with Crippen LogP contribution in [-0.4, -0.2) is 0 Å². The van der Waals surface area contributed by atoms with E-state index in [1.165, 1.54) is 0 Å². The molecule has 0 fully saturated rings. The van der Waals surface area contributed by atoms with Crippen molar-refractivity contribution in [3.05, 3.63) is 34.3 Å². The quantitative estimate of drug-likeness (QED) is 0.754. The van der Waals surface area contributed by atoms with E-state index >= 15 is 0 Å². The van der Waals surface area contributed by atoms with Crippen molar-refractivity contribution in [3.8, 4) is 0 Å². The van der Waals surface area contributed by atoms with E-state index in [0.717, 1.165) is 16.1 Å². The standard InChI is InChI=1S/C12H18ClN/c1-8-5-6-9(7-10(8)13)11(14)12(2,3)4/h5-7,11H,14H2,1-4H3. The lowest BCUT2D eigenvalue weighted by atomic mass is 9.83. The second kappa shape index (κ2) is 3.92. The Morgan fingerprint density at radius 1 is 1.29 bits per heavy atom. The molecule has 0 aliphatic rings. The number of hydrogen-bond acceptors (Lipinski definition) is 1. The summed E-state index contributed by atoms with van der Waals surface area (Å²) in [5.74, 6) is 0. The molecule has 1 atom stereocenters. The van der Waals surface area contributed by atoms with Crippen LogP contribution >= 0.6 is 11.6 Å². The molecule has 0 amide bonds. The molecule has 2 N–H and O–H groups in total. The molecule has 0 heterocycles. The van der Waals surface area contributed by atoms with Gasteiger partial charge in [-0.25, -0.2) is 0 Å². The summed E-state index contributed by atoms with van der Waals surface area (Å²) in [4.78, 5) is 0. The van der Waals surface area contributed by atoms with Gasteiger partial charge in [0.2, 0.25) is 0 Å². The van der Waals surface area contributed by atoms with Gasteiger partial charge in [0, 0.05) is 11.1 Å². The zero-order valence-corrected chi connectivity index (χ0v) is 10.0. The summed E-state index contributed by atoms with van der Waals surface area (Å²) < 4.78 is 0. The lowest BCUT2D eigenvalue weighted by Gasteiger charge is -2.27. The molecule has 0 aliphatic carbocycles. The van der Waals surface area contributed by atoms with Crippen LogP contribution in [0.25, 0.3) is 0 Å². The van der Waals surface area contributed by atoms with Gasteiger partial charge >= 0.3 is 0 Å². The van der Waals surface area contributed by atoms with Crippen LogP contribution < -0.4 is 5.73 Å². The molecule has 0 aromatic heterocycles. The molecule has 0 aliphatic heterocycles. The Bertz CT molecular complexity index is 326. The lowest BCUT2D eigenvalue weighted by molar-refractivity contribution is 0.327. The molecule has 2 heteroatoms. The Labute approximate surface area is 91.3 Å². The van der Waals surface area contributed by atoms with E-state index in [-0.39, 0.29) is 11.5 Å². The number of hydrogen-bond donors (Lipinski definition) is 1. The van der Waals surface area contributed by atoms with Gasteiger partial charge in [-0.1, -0.05) is 44.5 Å². The van der Waals surface area contributed by atoms with Crippen molar-refractivity contribution in [2.24, 2.45) is 11.1 Å². The molecule has 1 aromatic rings. The average molecular weight is 212 g/mol. The van der Waals surface area contributed by atoms with Gasteiger partial charge in [-0.2, -0.15) is 0 Å². The van der Waals surface area contributed by atoms with Gasteiger partial charge in [0.1, 0.15) is 0 Å². The van der Waals surface area contributed by atoms with Crippen molar-refractivity contribution in [2.45, 2.75) is 33.7 Å². The van der Waals surface area contributed by atoms with Crippen molar-refractivity contribution < 1.29 is 0 Å². The molecule has 0 radical (unpaired) electrons. The van der Waals surface area contributed by atoms with Crippen molar-refractivity contribution in [3.63, 3.8) is 0 Å². The van der Waals surface area contributed by atoms with Gasteiger partial charge in [-0.15, -0.1) is 0 Å². The SMILES string of the molecule is Cc1ccc(C(N)C(C)(C)C)cc1Cl. The molecule has 0 spiro atoms. The van der Waals surface area contributed by atoms with E-state index < -0.39 is 0 Å². The van der Waals surface area contributed by atoms with Crippen LogP contribution in [0.3, 0.4) is 0 Å². The third kappa shape index (κ3) is 2.49. The molecule has 1 nitrogen and oxygen atoms in total. The van der Waals surface area contributed by atoms with Gasteiger partial charge in [-0.3, -0.25) is 0 Å². The average Bonchev–Trinajstić information content (AvgIpc) is 2.07. The highest BCUT2D eigenvalue weighted by atomic mass is 35.5. The van der Waals surface area contributed by atoms with Crippen LogP contribution in [-0.2, 0) is 0 Å². The molecule has 0 bridgehead atoms. The monoisotopic (exact) mass is 211 g/mol. The van der Waals surface area contributed by atoms with E-state index in [0.29, 0.717) is 0 Å². The maximum absolute atomic E-state index is 6.13. The van der Waals surface area contributed by atoms with E-state index in [1.54, 1.807) is 0 Å². The van der Waals surface area contributed by atoms with E-state index in [9.17, 15) is 0 Å². The third-order valence-electron chi connectivity index (χ3n) is 2.49. The fourth-order valence-electron chi connectivity index (χ4n) is 1.30. The second-order valence-electron chi connectivity index (χ2n) is 4.85. The normalized spacial score (nSPS) is 14.1. The van der Waals surface area contributed by atoms with E-state index in [2.05, 4.69) is 26.8 Å². The molecule has 0 saturated heterocycles. The van der Waals surface area contributed by atoms with Crippen molar-refractivity contribution in [2.75, 3.05) is 0 Å². The summed E-state index contributed by atoms with van der Waals surface area (Å²) >= 11 is 6.05. The van der Waals surface area contributed by atoms with Crippen LogP contribution in [0.1, 0.15) is 37.9 Å². The maximum Gasteiger partial charge on any atom is 0.0438 e. The fraction of sp³-hybridized carbons (Fsp3) is 0.500. The number of rotatable bonds is 1. The Kier molecular flexibility index (Phi) is 3.23. The first-order valence-corrected chi connectivity index (χ1v) is 5.22. The number of halogens is 1. The molecular weight excluding hydrogens is 194 g/mol. The molecule has 78 valence electrons. The van der Waals surface area contributed by atoms with Crippen molar-refractivity contribution >= 4 is 11.6 Å². The topological polar surface area (TPSA) is 26.0 Å². The van der Waals surface area contributed by atoms with Crippen molar-refractivity contribution in [1.82, 2.24) is 0 Å². The summed E-state index contributed by atoms with van der Waals surface area (Å²) in [7, 11) is 0. The van der Waals surface area contributed by atoms with Crippen LogP contribution in [0, 0.1) is 12.3 Å². The summed E-state index contributed by atoms with van der Waals surface area (Å²) in [5.41, 5.74) is 8.40. The highest BCUT2D eigenvalue weighted by Gasteiger charge is 2.22. The summed E-state index contributed by atoms with van der Waals surface area (Å²) in [6, 6.07) is 6.06. The van der Waals surface area contributed by atoms with Gasteiger partial charge in [0.15, 0.2) is 0 Å². The number of aryl methyl sites for hydroxylation is 1. The highest BCUT2D eigenvalue weighted by molar-refractivity contribution is 6.31. The van der Waals surface area contributed by atoms with Gasteiger partial charge < -0.3 is 5.73 Å². The van der Waals surface area contributed by atoms with E-state index in [1.807, 2.05) is 19.1 Å². The molecule has 1 aromatic carbocycles. The Hall–Kier alpha value is -0.530. The first-order chi connectivity index (χ1) is 6.32. The zero-order valence-electron chi connectivity index (χ0n) is 9.26. The van der Waals surface area contributed by atoms with Gasteiger partial charge in [0.05, 0.1) is 0 Å². The van der Waals surface area contributed by atoms with E-state index in [4.69, 9.17) is 17.3 Å². The summed E-state index contributed by atoms with van der Waals surface area (Å²) in [5, 5.41) is 0.794. The summed E-state index contributed by atoms with van der Waals surface area (Å²) in [6.45, 7) is 8.39. The van der Waals surface area contributed by atoms with Gasteiger partial charge in [0.25, 0.3) is 0 Å². The third-order valence-corrected chi connectivity index (χ3v) is 2.90. The first kappa shape index (κ1) is 11.5. The van der Waals surface area contributed by atoms with Crippen LogP contribution in [0.15, 0.2) is 18.2 Å². The number of benzene rings is 1. The van der Waals surface area contributed by atoms with Crippen LogP contribution in [0.4, 0.5) is 0 Å². The minimum atomic E-state index is 0.0283. The first-order valence-electron chi connectivity index (χ1n) is 4.84. The molecule has 1 unspecified atom stereocenters. The second-order valence-corrected chi connectivity index (χ2v) is 5.26. The minimum Gasteiger partial charge on any atom is -0.324 e. The predicted octanol–water partition coefficient (Wildman–Crippen LogP) is 3.69. The Morgan fingerprint density at radius 3 is 2.29 bits per heavy atom. The predicted molar refractivity (Wildman–Crippen MR) is 62.6 cm³/mol. The maximum atomic E-state index is 6.13. The number of nitrogens with two attached hydrogens (primary N) is 1. The lowest BCUT2D eigenvalue weighted by Crippen LogP contribution is -2.26. The minimum absolute atomic E-state index is 0.0283. The molecule has 0 saturated carbocycles. The summed E-state index contributed by atoms with van der Waals surface area (Å²) in [6.07, 6.45) is 0. The Morgan fingerprint density at radius 2 is 1.86 bits per heavy atom. The molecule has 1 rings (SSSR count). The Balaban J connectivity index is 3.03. The smallest absolute Gasteiger partial charge is 0.0438 e. The van der Waals surface area contributed by atoms with Crippen molar-refractivity contribution in [1.29, 1.82) is 0 Å². The van der Waals surface area contributed by atoms with Crippen LogP contribution in [0.2, 0.25) is 5.02 Å². The zero-order chi connectivity index (χ0) is 10.9. The van der Waals surface area contributed by atoms with Crippen LogP contribution in [0.5, 0.6) is 0 Å². The highest BCUT2D eigenvalue weighted by Crippen LogP contribution is 2.32. The van der Waals surface area contributed by atoms with Gasteiger partial charge in [-0.05, 0) is 29.5 Å². The molecular formula is C12H18ClN.